The van der Waals surface area contributed by atoms with Gasteiger partial charge in [-0.15, -0.1) is 0 Å². The average molecular weight is 354 g/mol. The highest BCUT2D eigenvalue weighted by atomic mass is 16.3. The van der Waals surface area contributed by atoms with E-state index in [4.69, 9.17) is 0 Å². The van der Waals surface area contributed by atoms with Crippen LogP contribution in [0.4, 0.5) is 0 Å². The summed E-state index contributed by atoms with van der Waals surface area (Å²) >= 11 is 0. The average Bonchev–Trinajstić information content (AvgIpc) is 3.30. The van der Waals surface area contributed by atoms with E-state index in [0.29, 0.717) is 11.1 Å². The lowest BCUT2D eigenvalue weighted by Crippen LogP contribution is -2.20. The highest BCUT2D eigenvalue weighted by Crippen LogP contribution is 2.52. The smallest absolute Gasteiger partial charge is 0.259 e. The molecular weight excluding hydrogens is 340 g/mol. The fraction of sp³-hybridized carbons (Fsp3) is 0.0909. The van der Waals surface area contributed by atoms with E-state index >= 15 is 0 Å². The van der Waals surface area contributed by atoms with Gasteiger partial charge in [0.1, 0.15) is 0 Å². The lowest BCUT2D eigenvalue weighted by Gasteiger charge is -2.13. The zero-order chi connectivity index (χ0) is 18.3. The van der Waals surface area contributed by atoms with Crippen molar-refractivity contribution in [2.24, 2.45) is 0 Å². The Balaban J connectivity index is 1.93. The first kappa shape index (κ1) is 14.7. The summed E-state index contributed by atoms with van der Waals surface area (Å²) in [6.45, 7) is -0.121. The number of hydrogen-bond donors (Lipinski definition) is 3. The number of rotatable bonds is 1. The van der Waals surface area contributed by atoms with Crippen LogP contribution in [-0.4, -0.2) is 28.5 Å². The van der Waals surface area contributed by atoms with Gasteiger partial charge in [0.25, 0.3) is 11.8 Å². The number of aromatic amines is 1. The largest absolute Gasteiger partial charge is 0.395 e. The van der Waals surface area contributed by atoms with Gasteiger partial charge in [-0.3, -0.25) is 14.9 Å². The standard InChI is InChI=1S/C22H14N2O3/c25-9-13-10-5-1-2-6-11(10)16-15(13)18-19(22(27)24-21(18)26)17-12-7-3-4-8-14(12)23-20(16)17/h1-8,13,23,25H,9H2,(H,24,26,27). The second-order valence-corrected chi connectivity index (χ2v) is 7.06. The second kappa shape index (κ2) is 4.84. The van der Waals surface area contributed by atoms with Crippen molar-refractivity contribution < 1.29 is 14.7 Å². The Bertz CT molecular complexity index is 1330. The van der Waals surface area contributed by atoms with Crippen LogP contribution in [0.5, 0.6) is 0 Å². The molecule has 0 radical (unpaired) electrons. The highest BCUT2D eigenvalue weighted by Gasteiger charge is 2.41. The Kier molecular flexibility index (Phi) is 2.63. The maximum Gasteiger partial charge on any atom is 0.259 e. The molecule has 130 valence electrons. The van der Waals surface area contributed by atoms with E-state index < -0.39 is 0 Å². The molecular formula is C22H14N2O3. The van der Waals surface area contributed by atoms with Crippen LogP contribution in [0.3, 0.4) is 0 Å². The summed E-state index contributed by atoms with van der Waals surface area (Å²) in [5, 5.41) is 14.3. The third kappa shape index (κ3) is 1.63. The lowest BCUT2D eigenvalue weighted by atomic mass is 9.88. The summed E-state index contributed by atoms with van der Waals surface area (Å²) in [6, 6.07) is 15.7. The van der Waals surface area contributed by atoms with E-state index in [1.54, 1.807) is 0 Å². The van der Waals surface area contributed by atoms with Crippen molar-refractivity contribution in [3.8, 4) is 11.1 Å². The number of carbonyl (C=O) groups excluding carboxylic acids is 2. The molecule has 0 fully saturated rings. The molecule has 5 nitrogen and oxygen atoms in total. The van der Waals surface area contributed by atoms with Crippen molar-refractivity contribution in [1.29, 1.82) is 0 Å². The van der Waals surface area contributed by atoms with Gasteiger partial charge in [0.05, 0.1) is 23.3 Å². The Morgan fingerprint density at radius 3 is 2.48 bits per heavy atom. The SMILES string of the molecule is O=C1NC(=O)c2c1c1c(c3[nH]c4ccccc4c23)-c2ccccc2C1CO. The minimum Gasteiger partial charge on any atom is -0.395 e. The molecule has 1 atom stereocenters. The number of nitrogens with one attached hydrogen (secondary N) is 2. The number of aliphatic hydroxyl groups is 1. The van der Waals surface area contributed by atoms with E-state index in [1.807, 2.05) is 48.5 Å². The third-order valence-corrected chi connectivity index (χ3v) is 5.81. The van der Waals surface area contributed by atoms with Crippen molar-refractivity contribution in [2.45, 2.75) is 5.92 Å². The monoisotopic (exact) mass is 354 g/mol. The predicted molar refractivity (Wildman–Crippen MR) is 102 cm³/mol. The van der Waals surface area contributed by atoms with Crippen LogP contribution < -0.4 is 5.32 Å². The van der Waals surface area contributed by atoms with Crippen molar-refractivity contribution in [2.75, 3.05) is 6.61 Å². The first-order valence-electron chi connectivity index (χ1n) is 8.86. The molecule has 3 aromatic carbocycles. The number of H-pyrrole nitrogens is 1. The van der Waals surface area contributed by atoms with Gasteiger partial charge in [-0.05, 0) is 22.8 Å². The molecule has 4 aromatic rings. The fourth-order valence-corrected chi connectivity index (χ4v) is 4.80. The second-order valence-electron chi connectivity index (χ2n) is 7.06. The molecule has 0 saturated heterocycles. The highest BCUT2D eigenvalue weighted by molar-refractivity contribution is 6.33. The number of fused-ring (bicyclic) bond motifs is 10. The molecule has 0 spiro atoms. The summed E-state index contributed by atoms with van der Waals surface area (Å²) in [5.74, 6) is -1.08. The molecule has 0 bridgehead atoms. The number of aliphatic hydroxyl groups excluding tert-OH is 1. The van der Waals surface area contributed by atoms with Crippen molar-refractivity contribution in [1.82, 2.24) is 10.3 Å². The van der Waals surface area contributed by atoms with E-state index in [9.17, 15) is 14.7 Å². The summed E-state index contributed by atoms with van der Waals surface area (Å²) in [6.07, 6.45) is 0. The molecule has 1 unspecified atom stereocenters. The van der Waals surface area contributed by atoms with Crippen LogP contribution in [0, 0.1) is 0 Å². The van der Waals surface area contributed by atoms with Crippen LogP contribution in [0.2, 0.25) is 0 Å². The van der Waals surface area contributed by atoms with Crippen molar-refractivity contribution in [3.05, 3.63) is 70.8 Å². The van der Waals surface area contributed by atoms with Gasteiger partial charge in [0, 0.05) is 27.8 Å². The summed E-state index contributed by atoms with van der Waals surface area (Å²) in [7, 11) is 0. The molecule has 0 saturated carbocycles. The Hall–Kier alpha value is -3.44. The molecule has 3 N–H and O–H groups in total. The maximum atomic E-state index is 12.7. The number of imide groups is 1. The zero-order valence-corrected chi connectivity index (χ0v) is 14.2. The predicted octanol–water partition coefficient (Wildman–Crippen LogP) is 3.31. The normalized spacial score (nSPS) is 17.3. The molecule has 2 heterocycles. The zero-order valence-electron chi connectivity index (χ0n) is 14.2. The first-order chi connectivity index (χ1) is 13.2. The van der Waals surface area contributed by atoms with Gasteiger partial charge in [-0.1, -0.05) is 42.5 Å². The Morgan fingerprint density at radius 2 is 1.63 bits per heavy atom. The van der Waals surface area contributed by atoms with Crippen LogP contribution in [0.25, 0.3) is 32.9 Å². The molecule has 5 heteroatoms. The van der Waals surface area contributed by atoms with Gasteiger partial charge in [-0.2, -0.15) is 0 Å². The number of para-hydroxylation sites is 1. The number of hydrogen-bond acceptors (Lipinski definition) is 3. The van der Waals surface area contributed by atoms with E-state index in [2.05, 4.69) is 10.3 Å². The van der Waals surface area contributed by atoms with Gasteiger partial charge in [-0.25, -0.2) is 0 Å². The van der Waals surface area contributed by atoms with Crippen LogP contribution in [0.15, 0.2) is 48.5 Å². The van der Waals surface area contributed by atoms with Crippen LogP contribution in [-0.2, 0) is 0 Å². The van der Waals surface area contributed by atoms with Gasteiger partial charge in [0.15, 0.2) is 0 Å². The summed E-state index contributed by atoms with van der Waals surface area (Å²) in [4.78, 5) is 28.9. The molecule has 1 aromatic heterocycles. The number of benzene rings is 3. The van der Waals surface area contributed by atoms with Gasteiger partial charge >= 0.3 is 0 Å². The van der Waals surface area contributed by atoms with Gasteiger partial charge in [0.2, 0.25) is 0 Å². The van der Waals surface area contributed by atoms with Crippen molar-refractivity contribution >= 4 is 33.6 Å². The molecule has 2 aliphatic rings. The molecule has 2 amide bonds. The lowest BCUT2D eigenvalue weighted by molar-refractivity contribution is 0.0880. The molecule has 6 rings (SSSR count). The number of carbonyl (C=O) groups is 2. The van der Waals surface area contributed by atoms with E-state index in [-0.39, 0.29) is 24.3 Å². The molecule has 1 aliphatic carbocycles. The Labute approximate surface area is 153 Å². The fourth-order valence-electron chi connectivity index (χ4n) is 4.80. The van der Waals surface area contributed by atoms with Crippen molar-refractivity contribution in [3.63, 3.8) is 0 Å². The Morgan fingerprint density at radius 1 is 0.889 bits per heavy atom. The maximum absolute atomic E-state index is 12.7. The minimum atomic E-state index is -0.385. The number of aromatic nitrogens is 1. The topological polar surface area (TPSA) is 82.2 Å². The molecule has 27 heavy (non-hydrogen) atoms. The van der Waals surface area contributed by atoms with Crippen LogP contribution >= 0.6 is 0 Å². The van der Waals surface area contributed by atoms with Gasteiger partial charge < -0.3 is 10.1 Å². The summed E-state index contributed by atoms with van der Waals surface area (Å²) < 4.78 is 0. The number of amides is 2. The van der Waals surface area contributed by atoms with Crippen LogP contribution in [0.1, 0.15) is 37.8 Å². The summed E-state index contributed by atoms with van der Waals surface area (Å²) in [5.41, 5.74) is 6.22. The van der Waals surface area contributed by atoms with E-state index in [0.717, 1.165) is 44.1 Å². The minimum absolute atomic E-state index is 0.121. The van der Waals surface area contributed by atoms with E-state index in [1.165, 1.54) is 0 Å². The first-order valence-corrected chi connectivity index (χ1v) is 8.86. The third-order valence-electron chi connectivity index (χ3n) is 5.81. The molecule has 1 aliphatic heterocycles. The quantitative estimate of drug-likeness (QED) is 0.459.